The fourth-order valence-corrected chi connectivity index (χ4v) is 2.15. The second kappa shape index (κ2) is 7.90. The molecule has 0 fully saturated rings. The highest BCUT2D eigenvalue weighted by Gasteiger charge is 2.27. The molecule has 21 heavy (non-hydrogen) atoms. The molecule has 8 heteroatoms. The fourth-order valence-electron chi connectivity index (χ4n) is 1.93. The predicted octanol–water partition coefficient (Wildman–Crippen LogP) is 2.06. The van der Waals surface area contributed by atoms with Crippen molar-refractivity contribution in [2.75, 3.05) is 33.7 Å². The summed E-state index contributed by atoms with van der Waals surface area (Å²) in [5, 5.41) is 10.8. The number of nitro groups is 1. The minimum Gasteiger partial charge on any atom is -0.339 e. The Morgan fingerprint density at radius 3 is 2.62 bits per heavy atom. The van der Waals surface area contributed by atoms with Crippen molar-refractivity contribution >= 4 is 23.2 Å². The van der Waals surface area contributed by atoms with Crippen LogP contribution in [0.1, 0.15) is 23.7 Å². The van der Waals surface area contributed by atoms with E-state index in [9.17, 15) is 14.9 Å². The number of halogens is 1. The summed E-state index contributed by atoms with van der Waals surface area (Å²) in [6.45, 7) is 3.68. The maximum Gasteiger partial charge on any atom is 0.319 e. The molecule has 0 unspecified atom stereocenters. The highest BCUT2D eigenvalue weighted by molar-refractivity contribution is 6.32. The molecule has 0 aliphatic rings. The van der Waals surface area contributed by atoms with Crippen molar-refractivity contribution in [2.45, 2.75) is 13.3 Å². The summed E-state index contributed by atoms with van der Waals surface area (Å²) < 4.78 is 0. The van der Waals surface area contributed by atoms with Gasteiger partial charge in [-0.05, 0) is 40.1 Å². The van der Waals surface area contributed by atoms with Crippen molar-refractivity contribution in [3.8, 4) is 0 Å². The van der Waals surface area contributed by atoms with Crippen LogP contribution >= 0.6 is 11.6 Å². The average molecular weight is 315 g/mol. The monoisotopic (exact) mass is 314 g/mol. The molecule has 0 aliphatic heterocycles. The molecular formula is C13H19ClN4O3. The van der Waals surface area contributed by atoms with Gasteiger partial charge in [0.25, 0.3) is 5.91 Å². The zero-order valence-electron chi connectivity index (χ0n) is 12.4. The lowest BCUT2D eigenvalue weighted by Crippen LogP contribution is -2.33. The van der Waals surface area contributed by atoms with Crippen molar-refractivity contribution in [2.24, 2.45) is 0 Å². The molecule has 7 nitrogen and oxygen atoms in total. The minimum absolute atomic E-state index is 0.0216. The first kappa shape index (κ1) is 17.3. The standard InChI is InChI=1S/C13H19ClN4O3/c1-4-17(9-5-8-16(2)3)13(19)10-6-7-15-12(14)11(10)18(20)21/h6-7H,4-5,8-9H2,1-3H3. The van der Waals surface area contributed by atoms with E-state index in [1.54, 1.807) is 4.90 Å². The molecule has 0 saturated heterocycles. The summed E-state index contributed by atoms with van der Waals surface area (Å²) in [6.07, 6.45) is 2.09. The summed E-state index contributed by atoms with van der Waals surface area (Å²) >= 11 is 5.73. The fraction of sp³-hybridized carbons (Fsp3) is 0.538. The predicted molar refractivity (Wildman–Crippen MR) is 80.6 cm³/mol. The van der Waals surface area contributed by atoms with Crippen molar-refractivity contribution in [3.05, 3.63) is 33.1 Å². The maximum absolute atomic E-state index is 12.5. The van der Waals surface area contributed by atoms with Crippen LogP contribution in [0.25, 0.3) is 0 Å². The number of carbonyl (C=O) groups excluding carboxylic acids is 1. The largest absolute Gasteiger partial charge is 0.339 e. The molecule has 1 rings (SSSR count). The third-order valence-corrected chi connectivity index (χ3v) is 3.27. The molecular weight excluding hydrogens is 296 g/mol. The number of pyridine rings is 1. The third kappa shape index (κ3) is 4.64. The highest BCUT2D eigenvalue weighted by atomic mass is 35.5. The van der Waals surface area contributed by atoms with Crippen molar-refractivity contribution in [1.82, 2.24) is 14.8 Å². The molecule has 0 N–H and O–H groups in total. The van der Waals surface area contributed by atoms with Crippen LogP contribution < -0.4 is 0 Å². The van der Waals surface area contributed by atoms with Crippen LogP contribution in [0.2, 0.25) is 5.15 Å². The van der Waals surface area contributed by atoms with Crippen molar-refractivity contribution in [3.63, 3.8) is 0 Å². The summed E-state index contributed by atoms with van der Waals surface area (Å²) in [6, 6.07) is 1.33. The van der Waals surface area contributed by atoms with Crippen LogP contribution in [0.3, 0.4) is 0 Å². The Morgan fingerprint density at radius 1 is 1.43 bits per heavy atom. The number of carbonyl (C=O) groups is 1. The molecule has 1 heterocycles. The molecule has 0 aromatic carbocycles. The van der Waals surface area contributed by atoms with Gasteiger partial charge in [0.15, 0.2) is 0 Å². The maximum atomic E-state index is 12.5. The van der Waals surface area contributed by atoms with Crippen molar-refractivity contribution < 1.29 is 9.72 Å². The average Bonchev–Trinajstić information content (AvgIpc) is 2.42. The Morgan fingerprint density at radius 2 is 2.10 bits per heavy atom. The van der Waals surface area contributed by atoms with Gasteiger partial charge in [0, 0.05) is 19.3 Å². The van der Waals surface area contributed by atoms with E-state index in [0.717, 1.165) is 13.0 Å². The summed E-state index contributed by atoms with van der Waals surface area (Å²) in [5.41, 5.74) is -0.457. The Balaban J connectivity index is 2.95. The van der Waals surface area contributed by atoms with Gasteiger partial charge in [0.1, 0.15) is 5.56 Å². The van der Waals surface area contributed by atoms with Crippen LogP contribution in [0.15, 0.2) is 12.3 Å². The van der Waals surface area contributed by atoms with E-state index >= 15 is 0 Å². The van der Waals surface area contributed by atoms with Gasteiger partial charge in [-0.1, -0.05) is 11.6 Å². The SMILES string of the molecule is CCN(CCCN(C)C)C(=O)c1ccnc(Cl)c1[N+](=O)[O-]. The van der Waals surface area contributed by atoms with Gasteiger partial charge >= 0.3 is 5.69 Å². The molecule has 0 radical (unpaired) electrons. The first-order valence-corrected chi connectivity index (χ1v) is 6.99. The second-order valence-corrected chi connectivity index (χ2v) is 5.15. The first-order valence-electron chi connectivity index (χ1n) is 6.61. The Bertz CT molecular complexity index is 522. The molecule has 0 aliphatic carbocycles. The second-order valence-electron chi connectivity index (χ2n) is 4.80. The van der Waals surface area contributed by atoms with E-state index in [-0.39, 0.29) is 10.7 Å². The molecule has 116 valence electrons. The third-order valence-electron chi connectivity index (χ3n) is 2.99. The van der Waals surface area contributed by atoms with E-state index < -0.39 is 16.5 Å². The van der Waals surface area contributed by atoms with E-state index in [1.165, 1.54) is 12.3 Å². The Labute approximate surface area is 128 Å². The van der Waals surface area contributed by atoms with Crippen LogP contribution in [0.4, 0.5) is 5.69 Å². The lowest BCUT2D eigenvalue weighted by molar-refractivity contribution is -0.385. The lowest BCUT2D eigenvalue weighted by Gasteiger charge is -2.21. The van der Waals surface area contributed by atoms with Gasteiger partial charge < -0.3 is 9.80 Å². The van der Waals surface area contributed by atoms with E-state index in [0.29, 0.717) is 13.1 Å². The quantitative estimate of drug-likeness (QED) is 0.437. The van der Waals surface area contributed by atoms with Crippen molar-refractivity contribution in [1.29, 1.82) is 0 Å². The molecule has 0 spiro atoms. The smallest absolute Gasteiger partial charge is 0.319 e. The summed E-state index contributed by atoms with van der Waals surface area (Å²) in [4.78, 5) is 30.1. The number of rotatable bonds is 7. The zero-order valence-corrected chi connectivity index (χ0v) is 13.1. The van der Waals surface area contributed by atoms with Gasteiger partial charge in [-0.25, -0.2) is 4.98 Å². The van der Waals surface area contributed by atoms with E-state index in [1.807, 2.05) is 25.9 Å². The molecule has 1 amide bonds. The minimum atomic E-state index is -0.670. The number of hydrogen-bond acceptors (Lipinski definition) is 5. The van der Waals surface area contributed by atoms with Crippen LogP contribution in [-0.2, 0) is 0 Å². The Kier molecular flexibility index (Phi) is 6.51. The normalized spacial score (nSPS) is 10.7. The molecule has 0 saturated carbocycles. The van der Waals surface area contributed by atoms with Gasteiger partial charge in [-0.15, -0.1) is 0 Å². The molecule has 1 aromatic rings. The van der Waals surface area contributed by atoms with Gasteiger partial charge in [-0.3, -0.25) is 14.9 Å². The van der Waals surface area contributed by atoms with E-state index in [4.69, 9.17) is 11.6 Å². The van der Waals surface area contributed by atoms with Crippen LogP contribution in [-0.4, -0.2) is 59.3 Å². The highest BCUT2D eigenvalue weighted by Crippen LogP contribution is 2.27. The number of aromatic nitrogens is 1. The van der Waals surface area contributed by atoms with Gasteiger partial charge in [-0.2, -0.15) is 0 Å². The van der Waals surface area contributed by atoms with Gasteiger partial charge in [0.2, 0.25) is 5.15 Å². The first-order chi connectivity index (χ1) is 9.88. The number of amides is 1. The molecule has 0 atom stereocenters. The van der Waals surface area contributed by atoms with E-state index in [2.05, 4.69) is 4.98 Å². The topological polar surface area (TPSA) is 79.6 Å². The molecule has 0 bridgehead atoms. The lowest BCUT2D eigenvalue weighted by atomic mass is 10.2. The number of nitrogens with zero attached hydrogens (tertiary/aromatic N) is 4. The molecule has 1 aromatic heterocycles. The van der Waals surface area contributed by atoms with Gasteiger partial charge in [0.05, 0.1) is 4.92 Å². The van der Waals surface area contributed by atoms with Crippen LogP contribution in [0, 0.1) is 10.1 Å². The summed E-state index contributed by atoms with van der Waals surface area (Å²) in [5.74, 6) is -0.396. The number of hydrogen-bond donors (Lipinski definition) is 0. The Hall–Kier alpha value is -1.73. The summed E-state index contributed by atoms with van der Waals surface area (Å²) in [7, 11) is 3.90. The zero-order chi connectivity index (χ0) is 16.0. The van der Waals surface area contributed by atoms with Crippen LogP contribution in [0.5, 0.6) is 0 Å².